The van der Waals surface area contributed by atoms with E-state index in [0.29, 0.717) is 31.1 Å². The fourth-order valence-corrected chi connectivity index (χ4v) is 2.18. The van der Waals surface area contributed by atoms with Gasteiger partial charge in [0.25, 0.3) is 5.91 Å². The van der Waals surface area contributed by atoms with Gasteiger partial charge < -0.3 is 14.4 Å². The van der Waals surface area contributed by atoms with Crippen molar-refractivity contribution in [2.75, 3.05) is 26.8 Å². The highest BCUT2D eigenvalue weighted by Crippen LogP contribution is 2.14. The van der Waals surface area contributed by atoms with Gasteiger partial charge >= 0.3 is 0 Å². The Morgan fingerprint density at radius 2 is 1.52 bits per heavy atom. The van der Waals surface area contributed by atoms with Crippen LogP contribution in [0.5, 0.6) is 11.5 Å². The van der Waals surface area contributed by atoms with Crippen LogP contribution in [0.1, 0.15) is 30.1 Å². The first-order valence-electron chi connectivity index (χ1n) is 8.47. The molecule has 4 nitrogen and oxygen atoms in total. The minimum absolute atomic E-state index is 0.0807. The van der Waals surface area contributed by atoms with E-state index in [0.717, 1.165) is 18.6 Å². The third kappa shape index (κ3) is 6.10. The Morgan fingerprint density at radius 1 is 0.960 bits per heavy atom. The molecule has 0 aliphatic carbocycles. The zero-order valence-electron chi connectivity index (χ0n) is 14.7. The first-order valence-corrected chi connectivity index (χ1v) is 8.47. The minimum Gasteiger partial charge on any atom is -0.494 e. The fraction of sp³-hybridized carbons (Fsp3) is 0.350. The van der Waals surface area contributed by atoms with Crippen LogP contribution in [0.25, 0.3) is 0 Å². The Morgan fingerprint density at radius 3 is 2.12 bits per heavy atom. The molecule has 0 N–H and O–H groups in total. The lowest BCUT2D eigenvalue weighted by atomic mass is 10.2. The number of hydrogen-bond acceptors (Lipinski definition) is 3. The summed E-state index contributed by atoms with van der Waals surface area (Å²) in [6.45, 7) is 3.57. The molecule has 1 amide bonds. The van der Waals surface area contributed by atoms with E-state index in [1.807, 2.05) is 12.1 Å². The maximum absolute atomic E-state index is 12.8. The van der Waals surface area contributed by atoms with Gasteiger partial charge in [-0.2, -0.15) is 0 Å². The number of likely N-dealkylation sites (N-methyl/N-ethyl adjacent to an activating group) is 1. The van der Waals surface area contributed by atoms with Gasteiger partial charge in [-0.3, -0.25) is 4.79 Å². The van der Waals surface area contributed by atoms with Crippen molar-refractivity contribution >= 4 is 5.91 Å². The van der Waals surface area contributed by atoms with Crippen molar-refractivity contribution in [2.24, 2.45) is 0 Å². The lowest BCUT2D eigenvalue weighted by Gasteiger charge is -2.18. The van der Waals surface area contributed by atoms with Gasteiger partial charge in [0.05, 0.1) is 13.2 Å². The highest BCUT2D eigenvalue weighted by Gasteiger charge is 2.11. The third-order valence-electron chi connectivity index (χ3n) is 3.72. The quantitative estimate of drug-likeness (QED) is 0.641. The molecule has 134 valence electrons. The Hall–Kier alpha value is -2.56. The molecule has 0 atom stereocenters. The van der Waals surface area contributed by atoms with Crippen molar-refractivity contribution in [3.05, 3.63) is 59.9 Å². The average molecular weight is 345 g/mol. The van der Waals surface area contributed by atoms with Crippen LogP contribution in [-0.4, -0.2) is 37.6 Å². The van der Waals surface area contributed by atoms with Crippen LogP contribution >= 0.6 is 0 Å². The summed E-state index contributed by atoms with van der Waals surface area (Å²) in [6.07, 6.45) is 2.10. The minimum atomic E-state index is -0.304. The smallest absolute Gasteiger partial charge is 0.253 e. The topological polar surface area (TPSA) is 38.8 Å². The van der Waals surface area contributed by atoms with E-state index in [2.05, 4.69) is 6.92 Å². The molecule has 2 rings (SSSR count). The summed E-state index contributed by atoms with van der Waals surface area (Å²) in [4.78, 5) is 14.0. The number of carbonyl (C=O) groups excluding carboxylic acids is 1. The summed E-state index contributed by atoms with van der Waals surface area (Å²) < 4.78 is 23.9. The first kappa shape index (κ1) is 18.8. The molecule has 0 saturated heterocycles. The van der Waals surface area contributed by atoms with Crippen molar-refractivity contribution in [2.45, 2.75) is 19.8 Å². The zero-order valence-corrected chi connectivity index (χ0v) is 14.7. The molecule has 0 saturated carbocycles. The Bertz CT molecular complexity index is 656. The molecule has 0 heterocycles. The van der Waals surface area contributed by atoms with Gasteiger partial charge in [0.2, 0.25) is 0 Å². The standard InChI is InChI=1S/C20H24FNO3/c1-3-4-14-24-18-9-5-16(6-10-18)20(23)22(2)13-15-25-19-11-7-17(21)8-12-19/h5-12H,3-4,13-15H2,1-2H3. The van der Waals surface area contributed by atoms with Crippen LogP contribution in [0.3, 0.4) is 0 Å². The molecule has 0 aromatic heterocycles. The van der Waals surface area contributed by atoms with E-state index in [1.54, 1.807) is 36.2 Å². The van der Waals surface area contributed by atoms with E-state index in [1.165, 1.54) is 12.1 Å². The monoisotopic (exact) mass is 345 g/mol. The SMILES string of the molecule is CCCCOc1ccc(C(=O)N(C)CCOc2ccc(F)cc2)cc1. The van der Waals surface area contributed by atoms with Crippen LogP contribution in [0.4, 0.5) is 4.39 Å². The molecule has 0 unspecified atom stereocenters. The summed E-state index contributed by atoms with van der Waals surface area (Å²) in [6, 6.07) is 13.0. The number of nitrogens with zero attached hydrogens (tertiary/aromatic N) is 1. The number of unbranched alkanes of at least 4 members (excludes halogenated alkanes) is 1. The predicted octanol–water partition coefficient (Wildman–Crippen LogP) is 4.16. The molecular formula is C20H24FNO3. The van der Waals surface area contributed by atoms with Crippen molar-refractivity contribution in [1.29, 1.82) is 0 Å². The van der Waals surface area contributed by atoms with Crippen molar-refractivity contribution in [1.82, 2.24) is 4.90 Å². The van der Waals surface area contributed by atoms with E-state index in [4.69, 9.17) is 9.47 Å². The molecule has 0 bridgehead atoms. The number of hydrogen-bond donors (Lipinski definition) is 0. The molecule has 25 heavy (non-hydrogen) atoms. The molecule has 0 fully saturated rings. The lowest BCUT2D eigenvalue weighted by molar-refractivity contribution is 0.0773. The predicted molar refractivity (Wildman–Crippen MR) is 95.7 cm³/mol. The fourth-order valence-electron chi connectivity index (χ4n) is 2.18. The van der Waals surface area contributed by atoms with Crippen LogP contribution < -0.4 is 9.47 Å². The number of rotatable bonds is 9. The zero-order chi connectivity index (χ0) is 18.1. The summed E-state index contributed by atoms with van der Waals surface area (Å²) in [5, 5.41) is 0. The average Bonchev–Trinajstić information content (AvgIpc) is 2.63. The summed E-state index contributed by atoms with van der Waals surface area (Å²) >= 11 is 0. The van der Waals surface area contributed by atoms with Crippen LogP contribution in [0.2, 0.25) is 0 Å². The summed E-state index contributed by atoms with van der Waals surface area (Å²) in [7, 11) is 1.72. The van der Waals surface area contributed by atoms with Gasteiger partial charge in [0, 0.05) is 12.6 Å². The number of halogens is 1. The van der Waals surface area contributed by atoms with E-state index < -0.39 is 0 Å². The summed E-state index contributed by atoms with van der Waals surface area (Å²) in [5.41, 5.74) is 0.604. The van der Waals surface area contributed by atoms with Gasteiger partial charge in [0.1, 0.15) is 23.9 Å². The molecule has 2 aromatic rings. The van der Waals surface area contributed by atoms with Crippen LogP contribution in [0, 0.1) is 5.82 Å². The number of carbonyl (C=O) groups is 1. The molecule has 0 aliphatic heterocycles. The first-order chi connectivity index (χ1) is 12.1. The van der Waals surface area contributed by atoms with Crippen LogP contribution in [0.15, 0.2) is 48.5 Å². The van der Waals surface area contributed by atoms with Gasteiger partial charge in [-0.1, -0.05) is 13.3 Å². The highest BCUT2D eigenvalue weighted by molar-refractivity contribution is 5.94. The van der Waals surface area contributed by atoms with E-state index in [9.17, 15) is 9.18 Å². The van der Waals surface area contributed by atoms with E-state index in [-0.39, 0.29) is 11.7 Å². The summed E-state index contributed by atoms with van der Waals surface area (Å²) in [5.74, 6) is 0.965. The molecule has 2 aromatic carbocycles. The maximum Gasteiger partial charge on any atom is 0.253 e. The number of ether oxygens (including phenoxy) is 2. The molecule has 0 radical (unpaired) electrons. The Labute approximate surface area is 148 Å². The largest absolute Gasteiger partial charge is 0.494 e. The second kappa shape index (κ2) is 9.67. The third-order valence-corrected chi connectivity index (χ3v) is 3.72. The van der Waals surface area contributed by atoms with Gasteiger partial charge in [-0.05, 0) is 55.0 Å². The van der Waals surface area contributed by atoms with Gasteiger partial charge in [-0.15, -0.1) is 0 Å². The lowest BCUT2D eigenvalue weighted by Crippen LogP contribution is -2.30. The molecule has 0 aliphatic rings. The van der Waals surface area contributed by atoms with Gasteiger partial charge in [0.15, 0.2) is 0 Å². The van der Waals surface area contributed by atoms with E-state index >= 15 is 0 Å². The Balaban J connectivity index is 1.79. The molecule has 5 heteroatoms. The normalized spacial score (nSPS) is 10.4. The van der Waals surface area contributed by atoms with Crippen molar-refractivity contribution < 1.29 is 18.7 Å². The second-order valence-electron chi connectivity index (χ2n) is 5.76. The van der Waals surface area contributed by atoms with Crippen molar-refractivity contribution in [3.8, 4) is 11.5 Å². The molecular weight excluding hydrogens is 321 g/mol. The molecule has 0 spiro atoms. The number of amides is 1. The number of benzene rings is 2. The van der Waals surface area contributed by atoms with Crippen molar-refractivity contribution in [3.63, 3.8) is 0 Å². The van der Waals surface area contributed by atoms with Gasteiger partial charge in [-0.25, -0.2) is 4.39 Å². The maximum atomic E-state index is 12.8. The Kier molecular flexibility index (Phi) is 7.26. The highest BCUT2D eigenvalue weighted by atomic mass is 19.1. The second-order valence-corrected chi connectivity index (χ2v) is 5.76. The van der Waals surface area contributed by atoms with Crippen LogP contribution in [-0.2, 0) is 0 Å².